The second-order valence-electron chi connectivity index (χ2n) is 5.55. The maximum Gasteiger partial charge on any atom is 0.263 e. The molecular weight excluding hydrogens is 381 g/mol. The third-order valence-corrected chi connectivity index (χ3v) is 5.02. The van der Waals surface area contributed by atoms with Crippen molar-refractivity contribution in [2.45, 2.75) is 26.3 Å². The number of hydrogen-bond donors (Lipinski definition) is 2. The Morgan fingerprint density at radius 2 is 2.08 bits per heavy atom. The van der Waals surface area contributed by atoms with Gasteiger partial charge in [-0.25, -0.2) is 4.98 Å². The van der Waals surface area contributed by atoms with Gasteiger partial charge in [0.25, 0.3) is 5.91 Å². The van der Waals surface area contributed by atoms with Crippen LogP contribution >= 0.6 is 36.2 Å². The molecule has 2 heterocycles. The van der Waals surface area contributed by atoms with Crippen LogP contribution in [0.2, 0.25) is 0 Å². The zero-order chi connectivity index (χ0) is 16.2. The number of benzene rings is 1. The van der Waals surface area contributed by atoms with E-state index in [1.54, 1.807) is 0 Å². The lowest BCUT2D eigenvalue weighted by atomic mass is 10.2. The van der Waals surface area contributed by atoms with Gasteiger partial charge in [-0.3, -0.25) is 4.79 Å². The van der Waals surface area contributed by atoms with Crippen LogP contribution in [0.15, 0.2) is 24.3 Å². The number of carbonyl (C=O) groups excluding carboxylic acids is 1. The van der Waals surface area contributed by atoms with E-state index in [9.17, 15) is 4.79 Å². The van der Waals surface area contributed by atoms with Crippen molar-refractivity contribution in [3.05, 3.63) is 34.8 Å². The van der Waals surface area contributed by atoms with Crippen molar-refractivity contribution in [3.63, 3.8) is 0 Å². The van der Waals surface area contributed by atoms with Crippen molar-refractivity contribution < 1.29 is 9.53 Å². The third kappa shape index (κ3) is 5.31. The molecule has 1 aromatic heterocycles. The summed E-state index contributed by atoms with van der Waals surface area (Å²) >= 11 is 1.44. The largest absolute Gasteiger partial charge is 0.494 e. The van der Waals surface area contributed by atoms with Gasteiger partial charge in [-0.15, -0.1) is 36.2 Å². The Morgan fingerprint density at radius 1 is 1.36 bits per heavy atom. The molecule has 1 saturated heterocycles. The van der Waals surface area contributed by atoms with Crippen LogP contribution < -0.4 is 15.4 Å². The first-order valence-corrected chi connectivity index (χ1v) is 8.71. The van der Waals surface area contributed by atoms with Crippen molar-refractivity contribution in [2.24, 2.45) is 0 Å². The third-order valence-electron chi connectivity index (χ3n) is 3.81. The van der Waals surface area contributed by atoms with Crippen LogP contribution in [0.1, 0.15) is 28.7 Å². The number of aryl methyl sites for hydroxylation is 1. The average Bonchev–Trinajstić information content (AvgIpc) is 3.18. The zero-order valence-electron chi connectivity index (χ0n) is 14.2. The number of thiazole rings is 1. The highest BCUT2D eigenvalue weighted by molar-refractivity contribution is 7.17. The summed E-state index contributed by atoms with van der Waals surface area (Å²) in [6.07, 6.45) is 0.981. The molecule has 2 aromatic rings. The summed E-state index contributed by atoms with van der Waals surface area (Å²) < 4.78 is 5.45. The van der Waals surface area contributed by atoms with Gasteiger partial charge in [0.1, 0.15) is 15.6 Å². The molecular formula is C17H23Cl2N3O2S. The van der Waals surface area contributed by atoms with E-state index < -0.39 is 0 Å². The molecule has 1 unspecified atom stereocenters. The van der Waals surface area contributed by atoms with Gasteiger partial charge >= 0.3 is 0 Å². The fourth-order valence-electron chi connectivity index (χ4n) is 2.62. The molecule has 0 saturated carbocycles. The first-order valence-electron chi connectivity index (χ1n) is 7.89. The van der Waals surface area contributed by atoms with Gasteiger partial charge in [0.15, 0.2) is 0 Å². The predicted molar refractivity (Wildman–Crippen MR) is 107 cm³/mol. The number of ether oxygens (including phenoxy) is 1. The molecule has 1 fully saturated rings. The topological polar surface area (TPSA) is 63.2 Å². The summed E-state index contributed by atoms with van der Waals surface area (Å²) in [5, 5.41) is 7.19. The number of nitrogens with one attached hydrogen (secondary N) is 2. The standard InChI is InChI=1S/C17H21N3O2S.2ClH/c1-3-22-14-6-4-12(5-7-14)17-19-11(2)15(23-17)16(21)20-13-8-9-18-10-13;;/h4-7,13,18H,3,8-10H2,1-2H3,(H,20,21);2*1H. The van der Waals surface area contributed by atoms with Crippen molar-refractivity contribution in [1.82, 2.24) is 15.6 Å². The number of carbonyl (C=O) groups is 1. The Hall–Kier alpha value is -1.34. The van der Waals surface area contributed by atoms with Crippen LogP contribution in [0.5, 0.6) is 5.75 Å². The monoisotopic (exact) mass is 403 g/mol. The van der Waals surface area contributed by atoms with Crippen LogP contribution in [-0.4, -0.2) is 36.6 Å². The highest BCUT2D eigenvalue weighted by Gasteiger charge is 2.21. The molecule has 1 amide bonds. The van der Waals surface area contributed by atoms with E-state index >= 15 is 0 Å². The SMILES string of the molecule is CCOc1ccc(-c2nc(C)c(C(=O)NC3CCNC3)s2)cc1.Cl.Cl. The molecule has 1 aromatic carbocycles. The van der Waals surface area contributed by atoms with Gasteiger partial charge in [-0.05, 0) is 51.1 Å². The molecule has 1 aliphatic rings. The van der Waals surface area contributed by atoms with Crippen molar-refractivity contribution >= 4 is 42.1 Å². The minimum atomic E-state index is -0.0223. The van der Waals surface area contributed by atoms with Gasteiger partial charge < -0.3 is 15.4 Å². The number of aromatic nitrogens is 1. The van der Waals surface area contributed by atoms with E-state index in [-0.39, 0.29) is 36.8 Å². The Bertz CT molecular complexity index is 686. The molecule has 0 aliphatic carbocycles. The molecule has 0 bridgehead atoms. The molecule has 0 spiro atoms. The van der Waals surface area contributed by atoms with Gasteiger partial charge in [-0.2, -0.15) is 0 Å². The van der Waals surface area contributed by atoms with Gasteiger partial charge in [0.05, 0.1) is 12.3 Å². The van der Waals surface area contributed by atoms with Crippen molar-refractivity contribution in [2.75, 3.05) is 19.7 Å². The van der Waals surface area contributed by atoms with E-state index in [0.717, 1.165) is 41.5 Å². The summed E-state index contributed by atoms with van der Waals surface area (Å²) in [4.78, 5) is 17.7. The lowest BCUT2D eigenvalue weighted by Crippen LogP contribution is -2.36. The minimum absolute atomic E-state index is 0. The minimum Gasteiger partial charge on any atom is -0.494 e. The maximum absolute atomic E-state index is 12.4. The summed E-state index contributed by atoms with van der Waals surface area (Å²) in [5.74, 6) is 0.821. The number of hydrogen-bond acceptors (Lipinski definition) is 5. The van der Waals surface area contributed by atoms with E-state index in [1.165, 1.54) is 11.3 Å². The number of rotatable bonds is 5. The first-order chi connectivity index (χ1) is 11.2. The lowest BCUT2D eigenvalue weighted by molar-refractivity contribution is 0.0943. The maximum atomic E-state index is 12.4. The molecule has 1 aliphatic heterocycles. The van der Waals surface area contributed by atoms with Crippen LogP contribution in [0.4, 0.5) is 0 Å². The van der Waals surface area contributed by atoms with Crippen molar-refractivity contribution in [1.29, 1.82) is 0 Å². The van der Waals surface area contributed by atoms with E-state index in [0.29, 0.717) is 11.5 Å². The zero-order valence-corrected chi connectivity index (χ0v) is 16.7. The Morgan fingerprint density at radius 3 is 2.68 bits per heavy atom. The number of amides is 1. The second-order valence-corrected chi connectivity index (χ2v) is 6.55. The van der Waals surface area contributed by atoms with Crippen LogP contribution in [0, 0.1) is 6.92 Å². The van der Waals surface area contributed by atoms with E-state index in [2.05, 4.69) is 15.6 Å². The number of halogens is 2. The Labute approximate surface area is 164 Å². The Kier molecular flexibility index (Phi) is 8.65. The van der Waals surface area contributed by atoms with Crippen LogP contribution in [-0.2, 0) is 0 Å². The average molecular weight is 404 g/mol. The van der Waals surface area contributed by atoms with Crippen LogP contribution in [0.25, 0.3) is 10.6 Å². The molecule has 8 heteroatoms. The van der Waals surface area contributed by atoms with Gasteiger partial charge in [-0.1, -0.05) is 0 Å². The smallest absolute Gasteiger partial charge is 0.263 e. The molecule has 138 valence electrons. The molecule has 0 radical (unpaired) electrons. The second kappa shape index (κ2) is 9.97. The summed E-state index contributed by atoms with van der Waals surface area (Å²) in [7, 11) is 0. The normalized spacial score (nSPS) is 15.8. The fourth-order valence-corrected chi connectivity index (χ4v) is 3.59. The summed E-state index contributed by atoms with van der Waals surface area (Å²) in [6.45, 7) is 6.30. The first kappa shape index (κ1) is 21.7. The molecule has 25 heavy (non-hydrogen) atoms. The quantitative estimate of drug-likeness (QED) is 0.802. The van der Waals surface area contributed by atoms with E-state index in [4.69, 9.17) is 4.74 Å². The molecule has 3 rings (SSSR count). The summed E-state index contributed by atoms with van der Waals surface area (Å²) in [5.41, 5.74) is 1.78. The van der Waals surface area contributed by atoms with Gasteiger partial charge in [0, 0.05) is 18.2 Å². The van der Waals surface area contributed by atoms with Crippen LogP contribution in [0.3, 0.4) is 0 Å². The van der Waals surface area contributed by atoms with Crippen molar-refractivity contribution in [3.8, 4) is 16.3 Å². The number of nitrogens with zero attached hydrogens (tertiary/aromatic N) is 1. The molecule has 5 nitrogen and oxygen atoms in total. The highest BCUT2D eigenvalue weighted by atomic mass is 35.5. The highest BCUT2D eigenvalue weighted by Crippen LogP contribution is 2.29. The van der Waals surface area contributed by atoms with E-state index in [1.807, 2.05) is 38.1 Å². The lowest BCUT2D eigenvalue weighted by Gasteiger charge is -2.09. The van der Waals surface area contributed by atoms with Gasteiger partial charge in [0.2, 0.25) is 0 Å². The molecule has 1 atom stereocenters. The predicted octanol–water partition coefficient (Wildman–Crippen LogP) is 3.45. The molecule has 2 N–H and O–H groups in total. The Balaban J connectivity index is 0.00000156. The fraction of sp³-hybridized carbons (Fsp3) is 0.412. The summed E-state index contributed by atoms with van der Waals surface area (Å²) in [6, 6.07) is 8.04.